The molecule has 5 nitrogen and oxygen atoms in total. The number of amides is 4. The van der Waals surface area contributed by atoms with E-state index in [2.05, 4.69) is 5.32 Å². The molecule has 26 heavy (non-hydrogen) atoms. The molecule has 0 spiro atoms. The molecule has 2 aromatic carbocycles. The third-order valence-corrected chi connectivity index (χ3v) is 4.06. The number of carbonyl (C=O) groups excluding carboxylic acids is 3. The number of hydrogen-bond donors (Lipinski definition) is 1. The number of nitrogens with zero attached hydrogens (tertiary/aromatic N) is 1. The van der Waals surface area contributed by atoms with E-state index in [-0.39, 0.29) is 5.57 Å². The SMILES string of the molecule is CCc1ccc(N2C(=O)NC(=O)/C(=C/C=C/c3ccccc3)C2=O)cc1. The standard InChI is InChI=1S/C21H18N2O3/c1-2-15-11-13-17(14-12-15)23-20(25)18(19(24)22-21(23)26)10-6-9-16-7-4-3-5-8-16/h3-14H,2H2,1H3,(H,22,24,26)/b9-6+,18-10-. The Morgan fingerprint density at radius 1 is 0.962 bits per heavy atom. The van der Waals surface area contributed by atoms with E-state index >= 15 is 0 Å². The zero-order chi connectivity index (χ0) is 18.5. The molecule has 1 aliphatic rings. The molecule has 0 saturated carbocycles. The number of nitrogens with one attached hydrogen (secondary N) is 1. The average Bonchev–Trinajstić information content (AvgIpc) is 2.65. The molecular formula is C21H18N2O3. The van der Waals surface area contributed by atoms with Crippen molar-refractivity contribution in [1.29, 1.82) is 0 Å². The molecule has 1 fully saturated rings. The van der Waals surface area contributed by atoms with Crippen molar-refractivity contribution in [1.82, 2.24) is 5.32 Å². The Labute approximate surface area is 151 Å². The molecule has 1 N–H and O–H groups in total. The Bertz CT molecular complexity index is 897. The number of anilines is 1. The van der Waals surface area contributed by atoms with Crippen LogP contribution in [0.2, 0.25) is 0 Å². The van der Waals surface area contributed by atoms with Crippen molar-refractivity contribution in [3.05, 3.63) is 83.4 Å². The molecule has 1 aliphatic heterocycles. The first kappa shape index (κ1) is 17.4. The van der Waals surface area contributed by atoms with Gasteiger partial charge in [-0.3, -0.25) is 14.9 Å². The Morgan fingerprint density at radius 3 is 2.31 bits per heavy atom. The maximum absolute atomic E-state index is 12.7. The first-order valence-electron chi connectivity index (χ1n) is 8.32. The number of rotatable bonds is 4. The van der Waals surface area contributed by atoms with Crippen LogP contribution in [0.1, 0.15) is 18.1 Å². The normalized spacial score (nSPS) is 16.4. The van der Waals surface area contributed by atoms with E-state index in [1.165, 1.54) is 6.08 Å². The lowest BCUT2D eigenvalue weighted by atomic mass is 10.1. The van der Waals surface area contributed by atoms with Gasteiger partial charge >= 0.3 is 6.03 Å². The summed E-state index contributed by atoms with van der Waals surface area (Å²) < 4.78 is 0. The highest BCUT2D eigenvalue weighted by Crippen LogP contribution is 2.21. The summed E-state index contributed by atoms with van der Waals surface area (Å²) in [6.07, 6.45) is 5.68. The van der Waals surface area contributed by atoms with Gasteiger partial charge in [0.2, 0.25) is 0 Å². The van der Waals surface area contributed by atoms with Crippen molar-refractivity contribution in [2.24, 2.45) is 0 Å². The molecule has 0 atom stereocenters. The largest absolute Gasteiger partial charge is 0.335 e. The molecule has 1 heterocycles. The van der Waals surface area contributed by atoms with Crippen LogP contribution in [0, 0.1) is 0 Å². The van der Waals surface area contributed by atoms with E-state index < -0.39 is 17.8 Å². The fraction of sp³-hybridized carbons (Fsp3) is 0.0952. The summed E-state index contributed by atoms with van der Waals surface area (Å²) in [6, 6.07) is 15.9. The summed E-state index contributed by atoms with van der Waals surface area (Å²) >= 11 is 0. The summed E-state index contributed by atoms with van der Waals surface area (Å²) in [4.78, 5) is 37.9. The second-order valence-corrected chi connectivity index (χ2v) is 5.77. The van der Waals surface area contributed by atoms with Gasteiger partial charge in [0.05, 0.1) is 5.69 Å². The lowest BCUT2D eigenvalue weighted by Crippen LogP contribution is -2.54. The molecule has 4 amide bonds. The molecule has 0 unspecified atom stereocenters. The summed E-state index contributed by atoms with van der Waals surface area (Å²) in [7, 11) is 0. The number of benzene rings is 2. The van der Waals surface area contributed by atoms with Crippen molar-refractivity contribution in [3.63, 3.8) is 0 Å². The van der Waals surface area contributed by atoms with Crippen LogP contribution in [-0.2, 0) is 16.0 Å². The highest BCUT2D eigenvalue weighted by molar-refractivity contribution is 6.37. The molecule has 1 saturated heterocycles. The van der Waals surface area contributed by atoms with E-state index in [0.717, 1.165) is 22.4 Å². The fourth-order valence-corrected chi connectivity index (χ4v) is 2.61. The topological polar surface area (TPSA) is 66.5 Å². The van der Waals surface area contributed by atoms with Gasteiger partial charge in [-0.1, -0.05) is 61.5 Å². The first-order valence-corrected chi connectivity index (χ1v) is 8.32. The van der Waals surface area contributed by atoms with E-state index in [4.69, 9.17) is 0 Å². The summed E-state index contributed by atoms with van der Waals surface area (Å²) in [5, 5.41) is 2.21. The number of imide groups is 2. The summed E-state index contributed by atoms with van der Waals surface area (Å²) in [6.45, 7) is 2.02. The molecular weight excluding hydrogens is 328 g/mol. The van der Waals surface area contributed by atoms with Crippen LogP contribution in [0.3, 0.4) is 0 Å². The minimum Gasteiger partial charge on any atom is -0.273 e. The van der Waals surface area contributed by atoms with Crippen LogP contribution in [-0.4, -0.2) is 17.8 Å². The van der Waals surface area contributed by atoms with Gasteiger partial charge in [-0.25, -0.2) is 9.69 Å². The summed E-state index contributed by atoms with van der Waals surface area (Å²) in [5.41, 5.74) is 2.37. The lowest BCUT2D eigenvalue weighted by Gasteiger charge is -2.26. The minimum atomic E-state index is -0.742. The highest BCUT2D eigenvalue weighted by Gasteiger charge is 2.36. The third kappa shape index (κ3) is 3.62. The maximum Gasteiger partial charge on any atom is 0.335 e. The zero-order valence-corrected chi connectivity index (χ0v) is 14.3. The molecule has 0 radical (unpaired) electrons. The van der Waals surface area contributed by atoms with Gasteiger partial charge in [0.25, 0.3) is 11.8 Å². The predicted molar refractivity (Wildman–Crippen MR) is 100 cm³/mol. The molecule has 2 aromatic rings. The second-order valence-electron chi connectivity index (χ2n) is 5.77. The number of carbonyl (C=O) groups is 3. The molecule has 0 bridgehead atoms. The minimum absolute atomic E-state index is 0.0867. The average molecular weight is 346 g/mol. The van der Waals surface area contributed by atoms with Gasteiger partial charge in [0.1, 0.15) is 5.57 Å². The Morgan fingerprint density at radius 2 is 1.65 bits per heavy atom. The molecule has 0 aromatic heterocycles. The Kier molecular flexibility index (Phi) is 5.08. The van der Waals surface area contributed by atoms with Crippen molar-refractivity contribution in [3.8, 4) is 0 Å². The van der Waals surface area contributed by atoms with Gasteiger partial charge in [0, 0.05) is 0 Å². The first-order chi connectivity index (χ1) is 12.6. The van der Waals surface area contributed by atoms with Gasteiger partial charge in [0.15, 0.2) is 0 Å². The van der Waals surface area contributed by atoms with E-state index in [0.29, 0.717) is 5.69 Å². The highest BCUT2D eigenvalue weighted by atomic mass is 16.2. The van der Waals surface area contributed by atoms with Crippen molar-refractivity contribution in [2.45, 2.75) is 13.3 Å². The Hall–Kier alpha value is -3.47. The van der Waals surface area contributed by atoms with Crippen LogP contribution in [0.5, 0.6) is 0 Å². The number of aryl methyl sites for hydroxylation is 1. The van der Waals surface area contributed by atoms with Gasteiger partial charge < -0.3 is 0 Å². The van der Waals surface area contributed by atoms with Crippen molar-refractivity contribution < 1.29 is 14.4 Å². The fourth-order valence-electron chi connectivity index (χ4n) is 2.61. The van der Waals surface area contributed by atoms with Gasteiger partial charge in [-0.15, -0.1) is 0 Å². The van der Waals surface area contributed by atoms with E-state index in [1.807, 2.05) is 49.4 Å². The van der Waals surface area contributed by atoms with Crippen LogP contribution < -0.4 is 10.2 Å². The van der Waals surface area contributed by atoms with Crippen LogP contribution in [0.4, 0.5) is 10.5 Å². The number of hydrogen-bond acceptors (Lipinski definition) is 3. The number of urea groups is 1. The van der Waals surface area contributed by atoms with Gasteiger partial charge in [-0.2, -0.15) is 0 Å². The van der Waals surface area contributed by atoms with Crippen LogP contribution in [0.15, 0.2) is 72.3 Å². The second kappa shape index (κ2) is 7.61. The Balaban J connectivity index is 1.87. The molecule has 3 rings (SSSR count). The number of allylic oxidation sites excluding steroid dienone is 2. The molecule has 130 valence electrons. The van der Waals surface area contributed by atoms with Gasteiger partial charge in [-0.05, 0) is 35.8 Å². The maximum atomic E-state index is 12.7. The van der Waals surface area contributed by atoms with Crippen molar-refractivity contribution in [2.75, 3.05) is 4.90 Å². The van der Waals surface area contributed by atoms with E-state index in [1.54, 1.807) is 24.3 Å². The monoisotopic (exact) mass is 346 g/mol. The zero-order valence-electron chi connectivity index (χ0n) is 14.3. The molecule has 0 aliphatic carbocycles. The van der Waals surface area contributed by atoms with E-state index in [9.17, 15) is 14.4 Å². The quantitative estimate of drug-likeness (QED) is 0.681. The van der Waals surface area contributed by atoms with Crippen LogP contribution >= 0.6 is 0 Å². The van der Waals surface area contributed by atoms with Crippen molar-refractivity contribution >= 4 is 29.6 Å². The lowest BCUT2D eigenvalue weighted by molar-refractivity contribution is -0.122. The predicted octanol–water partition coefficient (Wildman–Crippen LogP) is 3.47. The molecule has 5 heteroatoms. The third-order valence-electron chi connectivity index (χ3n) is 4.06. The van der Waals surface area contributed by atoms with Crippen LogP contribution in [0.25, 0.3) is 6.08 Å². The summed E-state index contributed by atoms with van der Waals surface area (Å²) in [5.74, 6) is -1.33. The number of barbiturate groups is 1. The smallest absolute Gasteiger partial charge is 0.273 e.